The number of amides is 4. The van der Waals surface area contributed by atoms with Gasteiger partial charge in [0.25, 0.3) is 5.91 Å². The van der Waals surface area contributed by atoms with Gasteiger partial charge in [-0.1, -0.05) is 19.8 Å². The van der Waals surface area contributed by atoms with E-state index in [1.807, 2.05) is 6.92 Å². The van der Waals surface area contributed by atoms with E-state index in [1.54, 1.807) is 18.3 Å². The molecule has 23 heavy (non-hydrogen) atoms. The van der Waals surface area contributed by atoms with Crippen molar-refractivity contribution in [1.82, 2.24) is 15.2 Å². The number of aromatic nitrogens is 1. The number of carbonyl (C=O) groups is 3. The first-order valence-electron chi connectivity index (χ1n) is 7.87. The fourth-order valence-electron chi connectivity index (χ4n) is 3.42. The summed E-state index contributed by atoms with van der Waals surface area (Å²) in [5.74, 6) is -0.614. The summed E-state index contributed by atoms with van der Waals surface area (Å²) < 4.78 is 0. The molecule has 3 rings (SSSR count). The fourth-order valence-corrected chi connectivity index (χ4v) is 3.42. The number of nitrogens with one attached hydrogen (secondary N) is 2. The SMILES string of the molecule is C[C@H]1CCCC[C@@]12NC(=O)N(CC(=O)Nc1cccnc1)C2=O. The number of hydrogen-bond donors (Lipinski definition) is 2. The van der Waals surface area contributed by atoms with E-state index >= 15 is 0 Å². The summed E-state index contributed by atoms with van der Waals surface area (Å²) in [6.07, 6.45) is 6.62. The van der Waals surface area contributed by atoms with E-state index in [1.165, 1.54) is 6.20 Å². The molecule has 0 aromatic carbocycles. The van der Waals surface area contributed by atoms with E-state index in [2.05, 4.69) is 15.6 Å². The third-order valence-corrected chi connectivity index (χ3v) is 4.75. The average Bonchev–Trinajstić information content (AvgIpc) is 2.76. The number of carbonyl (C=O) groups excluding carboxylic acids is 3. The predicted octanol–water partition coefficient (Wildman–Crippen LogP) is 1.52. The Morgan fingerprint density at radius 2 is 2.30 bits per heavy atom. The molecular formula is C16H20N4O3. The van der Waals surface area contributed by atoms with Crippen molar-refractivity contribution in [2.24, 2.45) is 5.92 Å². The molecule has 2 fully saturated rings. The second-order valence-corrected chi connectivity index (χ2v) is 6.23. The van der Waals surface area contributed by atoms with Crippen molar-refractivity contribution in [1.29, 1.82) is 0 Å². The minimum absolute atomic E-state index is 0.0825. The maximum atomic E-state index is 12.7. The van der Waals surface area contributed by atoms with Crippen molar-refractivity contribution in [2.45, 2.75) is 38.1 Å². The van der Waals surface area contributed by atoms with Crippen molar-refractivity contribution >= 4 is 23.5 Å². The molecule has 1 spiro atoms. The first-order valence-corrected chi connectivity index (χ1v) is 7.87. The number of hydrogen-bond acceptors (Lipinski definition) is 4. The van der Waals surface area contributed by atoms with Gasteiger partial charge in [-0.25, -0.2) is 4.79 Å². The van der Waals surface area contributed by atoms with Crippen molar-refractivity contribution in [2.75, 3.05) is 11.9 Å². The molecule has 1 saturated carbocycles. The van der Waals surface area contributed by atoms with E-state index in [9.17, 15) is 14.4 Å². The zero-order valence-corrected chi connectivity index (χ0v) is 13.0. The van der Waals surface area contributed by atoms with Gasteiger partial charge in [-0.05, 0) is 30.9 Å². The predicted molar refractivity (Wildman–Crippen MR) is 83.5 cm³/mol. The highest BCUT2D eigenvalue weighted by molar-refractivity contribution is 6.10. The van der Waals surface area contributed by atoms with E-state index in [-0.39, 0.29) is 18.4 Å². The first-order chi connectivity index (χ1) is 11.0. The van der Waals surface area contributed by atoms with Gasteiger partial charge in [0.15, 0.2) is 0 Å². The van der Waals surface area contributed by atoms with Crippen LogP contribution in [0.15, 0.2) is 24.5 Å². The Hall–Kier alpha value is -2.44. The summed E-state index contributed by atoms with van der Waals surface area (Å²) >= 11 is 0. The van der Waals surface area contributed by atoms with E-state index < -0.39 is 17.5 Å². The molecule has 2 N–H and O–H groups in total. The highest BCUT2D eigenvalue weighted by Crippen LogP contribution is 2.38. The number of rotatable bonds is 3. The largest absolute Gasteiger partial charge is 0.325 e. The van der Waals surface area contributed by atoms with Crippen molar-refractivity contribution in [3.8, 4) is 0 Å². The summed E-state index contributed by atoms with van der Waals surface area (Å²) in [4.78, 5) is 42.0. The fraction of sp³-hybridized carbons (Fsp3) is 0.500. The number of urea groups is 1. The summed E-state index contributed by atoms with van der Waals surface area (Å²) in [6, 6.07) is 2.91. The van der Waals surface area contributed by atoms with Crippen molar-refractivity contribution in [3.05, 3.63) is 24.5 Å². The zero-order chi connectivity index (χ0) is 16.4. The summed E-state index contributed by atoms with van der Waals surface area (Å²) in [6.45, 7) is 1.70. The monoisotopic (exact) mass is 316 g/mol. The van der Waals surface area contributed by atoms with Crippen LogP contribution >= 0.6 is 0 Å². The van der Waals surface area contributed by atoms with Gasteiger partial charge in [0, 0.05) is 6.20 Å². The highest BCUT2D eigenvalue weighted by atomic mass is 16.2. The van der Waals surface area contributed by atoms with Crippen LogP contribution in [0.1, 0.15) is 32.6 Å². The molecule has 2 heterocycles. The van der Waals surface area contributed by atoms with Crippen molar-refractivity contribution < 1.29 is 14.4 Å². The van der Waals surface area contributed by atoms with Gasteiger partial charge in [-0.2, -0.15) is 0 Å². The number of anilines is 1. The molecule has 2 atom stereocenters. The Balaban J connectivity index is 1.69. The quantitative estimate of drug-likeness (QED) is 0.827. The van der Waals surface area contributed by atoms with Gasteiger partial charge in [-0.3, -0.25) is 19.5 Å². The molecule has 1 aliphatic carbocycles. The highest BCUT2D eigenvalue weighted by Gasteiger charge is 2.55. The number of nitrogens with zero attached hydrogens (tertiary/aromatic N) is 2. The topological polar surface area (TPSA) is 91.4 Å². The molecule has 1 aromatic rings. The van der Waals surface area contributed by atoms with Crippen LogP contribution in [0.4, 0.5) is 10.5 Å². The Bertz CT molecular complexity index is 633. The van der Waals surface area contributed by atoms with Crippen LogP contribution in [-0.2, 0) is 9.59 Å². The number of pyridine rings is 1. The second-order valence-electron chi connectivity index (χ2n) is 6.23. The molecule has 1 aromatic heterocycles. The smallest absolute Gasteiger partial charge is 0.323 e. The molecule has 122 valence electrons. The van der Waals surface area contributed by atoms with Crippen molar-refractivity contribution in [3.63, 3.8) is 0 Å². The van der Waals surface area contributed by atoms with Crippen LogP contribution in [0.2, 0.25) is 0 Å². The molecule has 0 unspecified atom stereocenters. The van der Waals surface area contributed by atoms with Crippen LogP contribution in [0, 0.1) is 5.92 Å². The molecule has 7 heteroatoms. The molecule has 1 aliphatic heterocycles. The molecule has 0 radical (unpaired) electrons. The number of imide groups is 1. The Morgan fingerprint density at radius 1 is 1.48 bits per heavy atom. The standard InChI is InChI=1S/C16H20N4O3/c1-11-5-2-3-7-16(11)14(22)20(15(23)19-16)10-13(21)18-12-6-4-8-17-9-12/h4,6,8-9,11H,2-3,5,7,10H2,1H3,(H,18,21)(H,19,23)/t11-,16+/m0/s1. The lowest BCUT2D eigenvalue weighted by molar-refractivity contribution is -0.136. The Kier molecular flexibility index (Phi) is 4.02. The molecule has 0 bridgehead atoms. The lowest BCUT2D eigenvalue weighted by Gasteiger charge is -2.36. The minimum atomic E-state index is -0.829. The van der Waals surface area contributed by atoms with Crippen LogP contribution in [-0.4, -0.2) is 39.8 Å². The Labute approximate surface area is 134 Å². The molecule has 2 aliphatic rings. The van der Waals surface area contributed by atoms with Gasteiger partial charge in [0.1, 0.15) is 12.1 Å². The van der Waals surface area contributed by atoms with Crippen LogP contribution in [0.5, 0.6) is 0 Å². The third-order valence-electron chi connectivity index (χ3n) is 4.75. The molecule has 4 amide bonds. The molecule has 7 nitrogen and oxygen atoms in total. The van der Waals surface area contributed by atoms with E-state index in [4.69, 9.17) is 0 Å². The average molecular weight is 316 g/mol. The first kappa shape index (κ1) is 15.5. The minimum Gasteiger partial charge on any atom is -0.323 e. The second kappa shape index (κ2) is 5.98. The summed E-state index contributed by atoms with van der Waals surface area (Å²) in [5, 5.41) is 5.47. The van der Waals surface area contributed by atoms with Gasteiger partial charge in [0.05, 0.1) is 11.9 Å². The Morgan fingerprint density at radius 3 is 3.00 bits per heavy atom. The van der Waals surface area contributed by atoms with Gasteiger partial charge >= 0.3 is 6.03 Å². The normalized spacial score (nSPS) is 27.2. The molecule has 1 saturated heterocycles. The lowest BCUT2D eigenvalue weighted by atomic mass is 9.73. The summed E-state index contributed by atoms with van der Waals surface area (Å²) in [7, 11) is 0. The van der Waals surface area contributed by atoms with E-state index in [0.29, 0.717) is 12.1 Å². The lowest BCUT2D eigenvalue weighted by Crippen LogP contribution is -2.54. The summed E-state index contributed by atoms with van der Waals surface area (Å²) in [5.41, 5.74) is -0.297. The van der Waals surface area contributed by atoms with Crippen LogP contribution in [0.25, 0.3) is 0 Å². The van der Waals surface area contributed by atoms with Gasteiger partial charge in [0.2, 0.25) is 5.91 Å². The van der Waals surface area contributed by atoms with E-state index in [0.717, 1.165) is 24.2 Å². The molecular weight excluding hydrogens is 296 g/mol. The van der Waals surface area contributed by atoms with Crippen LogP contribution in [0.3, 0.4) is 0 Å². The maximum Gasteiger partial charge on any atom is 0.325 e. The zero-order valence-electron chi connectivity index (χ0n) is 13.0. The van der Waals surface area contributed by atoms with Crippen LogP contribution < -0.4 is 10.6 Å². The van der Waals surface area contributed by atoms with Gasteiger partial charge < -0.3 is 10.6 Å². The maximum absolute atomic E-state index is 12.7. The third kappa shape index (κ3) is 2.78. The van der Waals surface area contributed by atoms with Gasteiger partial charge in [-0.15, -0.1) is 0 Å².